The van der Waals surface area contributed by atoms with Crippen molar-refractivity contribution in [2.45, 2.75) is 13.3 Å². The molecule has 0 aliphatic carbocycles. The lowest BCUT2D eigenvalue weighted by molar-refractivity contribution is -0.142. The zero-order valence-corrected chi connectivity index (χ0v) is 13.4. The molecule has 0 saturated carbocycles. The van der Waals surface area contributed by atoms with E-state index in [-0.39, 0.29) is 30.2 Å². The third kappa shape index (κ3) is 3.63. The zero-order chi connectivity index (χ0) is 17.8. The van der Waals surface area contributed by atoms with Crippen molar-refractivity contribution < 1.29 is 19.0 Å². The molecule has 0 unspecified atom stereocenters. The van der Waals surface area contributed by atoms with Gasteiger partial charge in [-0.2, -0.15) is 0 Å². The second kappa shape index (κ2) is 7.08. The molecule has 0 aliphatic rings. The Morgan fingerprint density at radius 2 is 2.04 bits per heavy atom. The Hall–Kier alpha value is -3.29. The van der Waals surface area contributed by atoms with E-state index in [1.807, 2.05) is 0 Å². The normalized spacial score (nSPS) is 11.3. The first-order chi connectivity index (χ1) is 12.1. The summed E-state index contributed by atoms with van der Waals surface area (Å²) in [5.41, 5.74) is 1.03. The van der Waals surface area contributed by atoms with Gasteiger partial charge in [-0.25, -0.2) is 9.37 Å². The summed E-state index contributed by atoms with van der Waals surface area (Å²) in [4.78, 5) is 16.0. The molecular formula is C17H15FN4O3. The van der Waals surface area contributed by atoms with Crippen LogP contribution in [-0.4, -0.2) is 27.1 Å². The van der Waals surface area contributed by atoms with Crippen LogP contribution in [0, 0.1) is 5.82 Å². The Bertz CT molecular complexity index is 935. The lowest BCUT2D eigenvalue weighted by Crippen LogP contribution is -2.07. The van der Waals surface area contributed by atoms with E-state index in [9.17, 15) is 14.3 Å². The fraction of sp³-hybridized carbons (Fsp3) is 0.176. The summed E-state index contributed by atoms with van der Waals surface area (Å²) in [5, 5.41) is 18.1. The van der Waals surface area contributed by atoms with Crippen molar-refractivity contribution in [1.82, 2.24) is 9.38 Å². The van der Waals surface area contributed by atoms with E-state index in [2.05, 4.69) is 15.2 Å². The molecule has 0 aliphatic heterocycles. The van der Waals surface area contributed by atoms with Crippen molar-refractivity contribution in [3.8, 4) is 5.75 Å². The summed E-state index contributed by atoms with van der Waals surface area (Å²) in [6.45, 7) is 1.96. The largest absolute Gasteiger partial charge is 0.504 e. The van der Waals surface area contributed by atoms with Gasteiger partial charge in [-0.3, -0.25) is 9.20 Å². The number of aromatic nitrogens is 2. The number of carbonyl (C=O) groups is 1. The number of nitrogens with zero attached hydrogens (tertiary/aromatic N) is 4. The third-order valence-electron chi connectivity index (χ3n) is 3.38. The minimum absolute atomic E-state index is 0.0455. The SMILES string of the molecule is CCOC(=O)Cc1nc2c(O)cccn2c1N=Nc1ccc(F)cc1. The number of pyridine rings is 1. The number of aromatic hydroxyl groups is 1. The van der Waals surface area contributed by atoms with Crippen LogP contribution in [0.5, 0.6) is 5.75 Å². The maximum atomic E-state index is 13.0. The maximum absolute atomic E-state index is 13.0. The quantitative estimate of drug-likeness (QED) is 0.565. The molecule has 0 amide bonds. The number of rotatable bonds is 5. The highest BCUT2D eigenvalue weighted by Crippen LogP contribution is 2.28. The minimum Gasteiger partial charge on any atom is -0.504 e. The average molecular weight is 342 g/mol. The van der Waals surface area contributed by atoms with E-state index in [4.69, 9.17) is 4.74 Å². The molecule has 0 atom stereocenters. The summed E-state index contributed by atoms with van der Waals surface area (Å²) in [6.07, 6.45) is 1.54. The highest BCUT2D eigenvalue weighted by Gasteiger charge is 2.18. The summed E-state index contributed by atoms with van der Waals surface area (Å²) >= 11 is 0. The molecule has 0 fully saturated rings. The molecule has 0 radical (unpaired) electrons. The van der Waals surface area contributed by atoms with Crippen LogP contribution in [0.1, 0.15) is 12.6 Å². The van der Waals surface area contributed by atoms with Crippen LogP contribution in [0.15, 0.2) is 52.8 Å². The summed E-state index contributed by atoms with van der Waals surface area (Å²) < 4.78 is 19.4. The Kier molecular flexibility index (Phi) is 4.69. The van der Waals surface area contributed by atoms with Gasteiger partial charge in [0, 0.05) is 6.20 Å². The Morgan fingerprint density at radius 1 is 1.28 bits per heavy atom. The van der Waals surface area contributed by atoms with Gasteiger partial charge >= 0.3 is 5.97 Å². The molecule has 1 N–H and O–H groups in total. The Morgan fingerprint density at radius 3 is 2.76 bits per heavy atom. The van der Waals surface area contributed by atoms with Crippen LogP contribution < -0.4 is 0 Å². The molecule has 1 aromatic carbocycles. The van der Waals surface area contributed by atoms with E-state index in [1.165, 1.54) is 34.7 Å². The molecule has 2 heterocycles. The van der Waals surface area contributed by atoms with Crippen molar-refractivity contribution in [3.63, 3.8) is 0 Å². The molecule has 7 nitrogen and oxygen atoms in total. The van der Waals surface area contributed by atoms with E-state index in [0.717, 1.165) is 0 Å². The molecule has 8 heteroatoms. The number of hydrogen-bond acceptors (Lipinski definition) is 6. The predicted molar refractivity (Wildman–Crippen MR) is 87.8 cm³/mol. The van der Waals surface area contributed by atoms with Gasteiger partial charge in [-0.15, -0.1) is 10.2 Å². The van der Waals surface area contributed by atoms with E-state index in [0.29, 0.717) is 17.2 Å². The predicted octanol–water partition coefficient (Wildman–Crippen LogP) is 3.70. The van der Waals surface area contributed by atoms with Crippen LogP contribution in [0.3, 0.4) is 0 Å². The van der Waals surface area contributed by atoms with E-state index in [1.54, 1.807) is 19.2 Å². The number of imidazole rings is 1. The van der Waals surface area contributed by atoms with Crippen molar-refractivity contribution >= 4 is 23.1 Å². The molecular weight excluding hydrogens is 327 g/mol. The highest BCUT2D eigenvalue weighted by atomic mass is 19.1. The van der Waals surface area contributed by atoms with Gasteiger partial charge < -0.3 is 9.84 Å². The Labute approximate surface area is 142 Å². The average Bonchev–Trinajstić information content (AvgIpc) is 2.93. The molecule has 0 spiro atoms. The van der Waals surface area contributed by atoms with Gasteiger partial charge in [0.25, 0.3) is 0 Å². The monoisotopic (exact) mass is 342 g/mol. The topological polar surface area (TPSA) is 88.5 Å². The first kappa shape index (κ1) is 16.6. The number of azo groups is 1. The van der Waals surface area contributed by atoms with Crippen LogP contribution in [0.25, 0.3) is 5.65 Å². The van der Waals surface area contributed by atoms with Crippen molar-refractivity contribution in [2.24, 2.45) is 10.2 Å². The first-order valence-corrected chi connectivity index (χ1v) is 7.60. The number of benzene rings is 1. The first-order valence-electron chi connectivity index (χ1n) is 7.60. The second-order valence-electron chi connectivity index (χ2n) is 5.13. The van der Waals surface area contributed by atoms with Gasteiger partial charge in [0.15, 0.2) is 17.2 Å². The zero-order valence-electron chi connectivity index (χ0n) is 13.4. The number of fused-ring (bicyclic) bond motifs is 1. The smallest absolute Gasteiger partial charge is 0.312 e. The molecule has 3 rings (SSSR count). The Balaban J connectivity index is 2.02. The van der Waals surface area contributed by atoms with Crippen LogP contribution >= 0.6 is 0 Å². The minimum atomic E-state index is -0.455. The van der Waals surface area contributed by atoms with E-state index >= 15 is 0 Å². The number of hydrogen-bond donors (Lipinski definition) is 1. The van der Waals surface area contributed by atoms with Gasteiger partial charge in [-0.05, 0) is 43.3 Å². The van der Waals surface area contributed by atoms with Gasteiger partial charge in [-0.1, -0.05) is 0 Å². The summed E-state index contributed by atoms with van der Waals surface area (Å²) in [6, 6.07) is 8.60. The number of esters is 1. The van der Waals surface area contributed by atoms with Crippen molar-refractivity contribution in [2.75, 3.05) is 6.61 Å². The standard InChI is InChI=1S/C17H15FN4O3/c1-2-25-15(24)10-13-16(21-20-12-7-5-11(18)6-8-12)22-9-3-4-14(23)17(22)19-13/h3-9,23H,2,10H2,1H3. The second-order valence-corrected chi connectivity index (χ2v) is 5.13. The van der Waals surface area contributed by atoms with Gasteiger partial charge in [0.05, 0.1) is 24.4 Å². The fourth-order valence-electron chi connectivity index (χ4n) is 2.27. The molecule has 0 saturated heterocycles. The fourth-order valence-corrected chi connectivity index (χ4v) is 2.27. The molecule has 128 valence electrons. The number of carbonyl (C=O) groups excluding carboxylic acids is 1. The highest BCUT2D eigenvalue weighted by molar-refractivity contribution is 5.75. The number of halogens is 1. The summed E-state index contributed by atoms with van der Waals surface area (Å²) in [5.74, 6) is -0.579. The molecule has 0 bridgehead atoms. The molecule has 25 heavy (non-hydrogen) atoms. The molecule has 3 aromatic rings. The lowest BCUT2D eigenvalue weighted by Gasteiger charge is -2.00. The number of ether oxygens (including phenoxy) is 1. The van der Waals surface area contributed by atoms with Crippen LogP contribution in [0.2, 0.25) is 0 Å². The summed E-state index contributed by atoms with van der Waals surface area (Å²) in [7, 11) is 0. The molecule has 2 aromatic heterocycles. The van der Waals surface area contributed by atoms with Gasteiger partial charge in [0.1, 0.15) is 5.82 Å². The maximum Gasteiger partial charge on any atom is 0.312 e. The van der Waals surface area contributed by atoms with Gasteiger partial charge in [0.2, 0.25) is 0 Å². The lowest BCUT2D eigenvalue weighted by atomic mass is 10.3. The van der Waals surface area contributed by atoms with Crippen molar-refractivity contribution in [3.05, 3.63) is 54.1 Å². The van der Waals surface area contributed by atoms with Crippen molar-refractivity contribution in [1.29, 1.82) is 0 Å². The van der Waals surface area contributed by atoms with Crippen LogP contribution in [0.4, 0.5) is 15.9 Å². The third-order valence-corrected chi connectivity index (χ3v) is 3.38. The van der Waals surface area contributed by atoms with E-state index < -0.39 is 5.97 Å². The van der Waals surface area contributed by atoms with Crippen LogP contribution in [-0.2, 0) is 16.0 Å².